The van der Waals surface area contributed by atoms with Gasteiger partial charge in [0.15, 0.2) is 5.78 Å². The Hall–Kier alpha value is -1.69. The lowest BCUT2D eigenvalue weighted by Crippen LogP contribution is -2.16. The molecule has 1 heterocycles. The number of carbonyl (C=O) groups is 2. The number of amides is 1. The summed E-state index contributed by atoms with van der Waals surface area (Å²) in [7, 11) is 0. The van der Waals surface area contributed by atoms with Crippen molar-refractivity contribution in [2.24, 2.45) is 0 Å². The van der Waals surface area contributed by atoms with Crippen LogP contribution in [0, 0.1) is 0 Å². The van der Waals surface area contributed by atoms with Gasteiger partial charge in [0.2, 0.25) is 0 Å². The fourth-order valence-electron chi connectivity index (χ4n) is 1.88. The van der Waals surface area contributed by atoms with Gasteiger partial charge in [-0.3, -0.25) is 9.59 Å². The molecule has 2 rings (SSSR count). The summed E-state index contributed by atoms with van der Waals surface area (Å²) in [4.78, 5) is 24.1. The Labute approximate surface area is 140 Å². The van der Waals surface area contributed by atoms with Crippen molar-refractivity contribution in [3.8, 4) is 0 Å². The number of para-hydroxylation sites is 1. The SMILES string of the molecule is CCNCc1ccccc1NC(=O)c1cc(C(C)=O)cs1.Cl. The maximum Gasteiger partial charge on any atom is 0.265 e. The first kappa shape index (κ1) is 18.4. The van der Waals surface area contributed by atoms with Crippen LogP contribution in [0.5, 0.6) is 0 Å². The second-order valence-electron chi connectivity index (χ2n) is 4.65. The molecule has 22 heavy (non-hydrogen) atoms. The highest BCUT2D eigenvalue weighted by Gasteiger charge is 2.12. The molecule has 0 atom stereocenters. The van der Waals surface area contributed by atoms with E-state index in [1.165, 1.54) is 18.3 Å². The number of thiophene rings is 1. The summed E-state index contributed by atoms with van der Waals surface area (Å²) in [5.41, 5.74) is 2.41. The molecule has 2 aromatic rings. The Kier molecular flexibility index (Phi) is 7.24. The molecule has 4 nitrogen and oxygen atoms in total. The largest absolute Gasteiger partial charge is 0.321 e. The lowest BCUT2D eigenvalue weighted by Gasteiger charge is -2.10. The third-order valence-corrected chi connectivity index (χ3v) is 3.99. The van der Waals surface area contributed by atoms with E-state index in [0.717, 1.165) is 17.8 Å². The highest BCUT2D eigenvalue weighted by atomic mass is 35.5. The third kappa shape index (κ3) is 4.66. The molecule has 6 heteroatoms. The molecule has 0 bridgehead atoms. The maximum absolute atomic E-state index is 12.2. The molecule has 0 fully saturated rings. The molecule has 1 aromatic heterocycles. The highest BCUT2D eigenvalue weighted by Crippen LogP contribution is 2.20. The fraction of sp³-hybridized carbons (Fsp3) is 0.250. The lowest BCUT2D eigenvalue weighted by molar-refractivity contribution is 0.101. The molecule has 0 aliphatic rings. The van der Waals surface area contributed by atoms with Crippen LogP contribution in [0.2, 0.25) is 0 Å². The van der Waals surface area contributed by atoms with Crippen LogP contribution < -0.4 is 10.6 Å². The molecular formula is C16H19ClN2O2S. The molecular weight excluding hydrogens is 320 g/mol. The van der Waals surface area contributed by atoms with Crippen LogP contribution in [-0.4, -0.2) is 18.2 Å². The van der Waals surface area contributed by atoms with Gasteiger partial charge in [-0.05, 0) is 31.2 Å². The van der Waals surface area contributed by atoms with Crippen molar-refractivity contribution < 1.29 is 9.59 Å². The highest BCUT2D eigenvalue weighted by molar-refractivity contribution is 7.12. The smallest absolute Gasteiger partial charge is 0.265 e. The number of rotatable bonds is 6. The van der Waals surface area contributed by atoms with E-state index in [0.29, 0.717) is 17.0 Å². The third-order valence-electron chi connectivity index (χ3n) is 3.06. The minimum Gasteiger partial charge on any atom is -0.321 e. The van der Waals surface area contributed by atoms with Gasteiger partial charge >= 0.3 is 0 Å². The van der Waals surface area contributed by atoms with Crippen molar-refractivity contribution >= 4 is 41.1 Å². The zero-order chi connectivity index (χ0) is 15.2. The minimum absolute atomic E-state index is 0. The number of anilines is 1. The number of Topliss-reactive ketones (excluding diaryl/α,β-unsaturated/α-hetero) is 1. The monoisotopic (exact) mass is 338 g/mol. The number of hydrogen-bond acceptors (Lipinski definition) is 4. The summed E-state index contributed by atoms with van der Waals surface area (Å²) in [5, 5.41) is 7.86. The van der Waals surface area contributed by atoms with E-state index >= 15 is 0 Å². The van der Waals surface area contributed by atoms with Crippen LogP contribution in [0.1, 0.15) is 39.4 Å². The zero-order valence-electron chi connectivity index (χ0n) is 12.5. The average molecular weight is 339 g/mol. The normalized spacial score (nSPS) is 9.91. The van der Waals surface area contributed by atoms with Crippen LogP contribution in [0.3, 0.4) is 0 Å². The number of ketones is 1. The molecule has 0 aliphatic heterocycles. The van der Waals surface area contributed by atoms with E-state index in [1.54, 1.807) is 11.4 Å². The number of hydrogen-bond donors (Lipinski definition) is 2. The summed E-state index contributed by atoms with van der Waals surface area (Å²) in [6.07, 6.45) is 0. The van der Waals surface area contributed by atoms with Gasteiger partial charge in [-0.1, -0.05) is 25.1 Å². The summed E-state index contributed by atoms with van der Waals surface area (Å²) < 4.78 is 0. The maximum atomic E-state index is 12.2. The van der Waals surface area contributed by atoms with Crippen LogP contribution in [0.4, 0.5) is 5.69 Å². The first-order chi connectivity index (χ1) is 10.1. The fourth-order valence-corrected chi connectivity index (χ4v) is 2.72. The van der Waals surface area contributed by atoms with Crippen molar-refractivity contribution in [2.45, 2.75) is 20.4 Å². The van der Waals surface area contributed by atoms with Gasteiger partial charge < -0.3 is 10.6 Å². The summed E-state index contributed by atoms with van der Waals surface area (Å²) in [6, 6.07) is 9.33. The van der Waals surface area contributed by atoms with Crippen molar-refractivity contribution in [1.82, 2.24) is 5.32 Å². The summed E-state index contributed by atoms with van der Waals surface area (Å²) >= 11 is 1.28. The molecule has 0 unspecified atom stereocenters. The van der Waals surface area contributed by atoms with Crippen LogP contribution in [0.25, 0.3) is 0 Å². The van der Waals surface area contributed by atoms with Crippen LogP contribution in [0.15, 0.2) is 35.7 Å². The van der Waals surface area contributed by atoms with E-state index in [4.69, 9.17) is 0 Å². The van der Waals surface area contributed by atoms with Gasteiger partial charge in [-0.25, -0.2) is 0 Å². The van der Waals surface area contributed by atoms with E-state index in [-0.39, 0.29) is 24.1 Å². The number of benzene rings is 1. The van der Waals surface area contributed by atoms with E-state index in [9.17, 15) is 9.59 Å². The standard InChI is InChI=1S/C16H18N2O2S.ClH/c1-3-17-9-12-6-4-5-7-14(12)18-16(20)15-8-13(10-21-15)11(2)19;/h4-8,10,17H,3,9H2,1-2H3,(H,18,20);1H. The van der Waals surface area contributed by atoms with Crippen molar-refractivity contribution in [3.63, 3.8) is 0 Å². The number of nitrogens with one attached hydrogen (secondary N) is 2. The predicted molar refractivity (Wildman–Crippen MR) is 93.3 cm³/mol. The summed E-state index contributed by atoms with van der Waals surface area (Å²) in [6.45, 7) is 5.11. The van der Waals surface area contributed by atoms with Crippen molar-refractivity contribution in [3.05, 3.63) is 51.7 Å². The molecule has 1 aromatic carbocycles. The first-order valence-electron chi connectivity index (χ1n) is 6.81. The van der Waals surface area contributed by atoms with E-state index < -0.39 is 0 Å². The van der Waals surface area contributed by atoms with Gasteiger partial charge in [-0.15, -0.1) is 23.7 Å². The Balaban J connectivity index is 0.00000242. The second-order valence-corrected chi connectivity index (χ2v) is 5.56. The molecule has 0 radical (unpaired) electrons. The topological polar surface area (TPSA) is 58.2 Å². The molecule has 0 aliphatic carbocycles. The zero-order valence-corrected chi connectivity index (χ0v) is 14.1. The van der Waals surface area contributed by atoms with Crippen molar-refractivity contribution in [2.75, 3.05) is 11.9 Å². The molecule has 2 N–H and O–H groups in total. The van der Waals surface area contributed by atoms with Gasteiger partial charge in [0.05, 0.1) is 4.88 Å². The van der Waals surface area contributed by atoms with Gasteiger partial charge in [0, 0.05) is 23.2 Å². The van der Waals surface area contributed by atoms with Gasteiger partial charge in [0.25, 0.3) is 5.91 Å². The van der Waals surface area contributed by atoms with Crippen molar-refractivity contribution in [1.29, 1.82) is 0 Å². The molecule has 0 spiro atoms. The van der Waals surface area contributed by atoms with Crippen LogP contribution in [-0.2, 0) is 6.54 Å². The Bertz CT molecular complexity index is 655. The lowest BCUT2D eigenvalue weighted by atomic mass is 10.1. The molecule has 1 amide bonds. The Morgan fingerprint density at radius 1 is 1.23 bits per heavy atom. The van der Waals surface area contributed by atoms with E-state index in [2.05, 4.69) is 10.6 Å². The quantitative estimate of drug-likeness (QED) is 0.789. The van der Waals surface area contributed by atoms with E-state index in [1.807, 2.05) is 31.2 Å². The summed E-state index contributed by atoms with van der Waals surface area (Å²) in [5.74, 6) is -0.214. The number of carbonyl (C=O) groups excluding carboxylic acids is 2. The Morgan fingerprint density at radius 2 is 1.95 bits per heavy atom. The van der Waals surface area contributed by atoms with Gasteiger partial charge in [0.1, 0.15) is 0 Å². The predicted octanol–water partition coefficient (Wildman–Crippen LogP) is 3.73. The number of halogens is 1. The van der Waals surface area contributed by atoms with Crippen LogP contribution >= 0.6 is 23.7 Å². The average Bonchev–Trinajstić information content (AvgIpc) is 2.96. The molecule has 0 saturated heterocycles. The van der Waals surface area contributed by atoms with Gasteiger partial charge in [-0.2, -0.15) is 0 Å². The molecule has 118 valence electrons. The second kappa shape index (κ2) is 8.68. The Morgan fingerprint density at radius 3 is 2.59 bits per heavy atom. The molecule has 0 saturated carbocycles. The minimum atomic E-state index is -0.184. The first-order valence-corrected chi connectivity index (χ1v) is 7.69.